The summed E-state index contributed by atoms with van der Waals surface area (Å²) in [5.74, 6) is 0. The Morgan fingerprint density at radius 1 is 0.773 bits per heavy atom. The zero-order chi connectivity index (χ0) is 16.0. The molecule has 1 aromatic rings. The van der Waals surface area contributed by atoms with E-state index in [0.29, 0.717) is 0 Å². The first kappa shape index (κ1) is 18.9. The van der Waals surface area contributed by atoms with Gasteiger partial charge < -0.3 is 10.6 Å². The fourth-order valence-electron chi connectivity index (χ4n) is 2.90. The largest absolute Gasteiger partial charge is 0.399 e. The molecule has 0 aromatic heterocycles. The fraction of sp³-hybridized carbons (Fsp3) is 0.700. The fourth-order valence-corrected chi connectivity index (χ4v) is 2.90. The van der Waals surface area contributed by atoms with Crippen LogP contribution in [-0.2, 0) is 0 Å². The number of nitrogens with zero attached hydrogens (tertiary/aromatic N) is 1. The van der Waals surface area contributed by atoms with Gasteiger partial charge in [0.25, 0.3) is 0 Å². The molecule has 22 heavy (non-hydrogen) atoms. The Morgan fingerprint density at radius 2 is 1.32 bits per heavy atom. The summed E-state index contributed by atoms with van der Waals surface area (Å²) in [5, 5.41) is 0. The van der Waals surface area contributed by atoms with Crippen molar-refractivity contribution in [1.82, 2.24) is 0 Å². The third-order valence-electron chi connectivity index (χ3n) is 4.30. The first-order chi connectivity index (χ1) is 10.8. The predicted molar refractivity (Wildman–Crippen MR) is 101 cm³/mol. The molecule has 2 N–H and O–H groups in total. The molecule has 2 heteroatoms. The Kier molecular flexibility index (Phi) is 10.6. The quantitative estimate of drug-likeness (QED) is 0.357. The Morgan fingerprint density at radius 3 is 1.82 bits per heavy atom. The minimum Gasteiger partial charge on any atom is -0.399 e. The average Bonchev–Trinajstić information content (AvgIpc) is 2.52. The summed E-state index contributed by atoms with van der Waals surface area (Å²) in [6, 6.07) is 8.38. The van der Waals surface area contributed by atoms with E-state index in [9.17, 15) is 0 Å². The Hall–Kier alpha value is -1.18. The second-order valence-electron chi connectivity index (χ2n) is 6.41. The number of unbranched alkanes of at least 4 members (excludes halogenated alkanes) is 8. The van der Waals surface area contributed by atoms with Gasteiger partial charge in [-0.25, -0.2) is 0 Å². The highest BCUT2D eigenvalue weighted by atomic mass is 15.1. The maximum absolute atomic E-state index is 5.96. The van der Waals surface area contributed by atoms with Gasteiger partial charge in [-0.05, 0) is 31.0 Å². The van der Waals surface area contributed by atoms with Crippen molar-refractivity contribution in [3.63, 3.8) is 0 Å². The minimum atomic E-state index is 0.875. The second kappa shape index (κ2) is 12.4. The summed E-state index contributed by atoms with van der Waals surface area (Å²) >= 11 is 0. The lowest BCUT2D eigenvalue weighted by Crippen LogP contribution is -2.25. The van der Waals surface area contributed by atoms with Crippen molar-refractivity contribution in [2.45, 2.75) is 78.1 Å². The van der Waals surface area contributed by atoms with Crippen molar-refractivity contribution < 1.29 is 0 Å². The number of nitrogens with two attached hydrogens (primary N) is 1. The van der Waals surface area contributed by atoms with E-state index in [1.54, 1.807) is 0 Å². The van der Waals surface area contributed by atoms with Crippen molar-refractivity contribution in [1.29, 1.82) is 0 Å². The van der Waals surface area contributed by atoms with Crippen LogP contribution in [0.3, 0.4) is 0 Å². The monoisotopic (exact) mass is 304 g/mol. The Bertz CT molecular complexity index is 362. The molecule has 2 nitrogen and oxygen atoms in total. The molecule has 0 saturated carbocycles. The van der Waals surface area contributed by atoms with Crippen molar-refractivity contribution in [2.75, 3.05) is 23.7 Å². The average molecular weight is 305 g/mol. The van der Waals surface area contributed by atoms with Gasteiger partial charge in [0.05, 0.1) is 0 Å². The third-order valence-corrected chi connectivity index (χ3v) is 4.30. The van der Waals surface area contributed by atoms with Crippen LogP contribution in [0.2, 0.25) is 0 Å². The van der Waals surface area contributed by atoms with Crippen LogP contribution in [0.4, 0.5) is 11.4 Å². The molecule has 0 atom stereocenters. The Balaban J connectivity index is 2.42. The molecule has 126 valence electrons. The van der Waals surface area contributed by atoms with Crippen molar-refractivity contribution in [3.05, 3.63) is 24.3 Å². The van der Waals surface area contributed by atoms with Crippen LogP contribution in [0.1, 0.15) is 78.1 Å². The highest BCUT2D eigenvalue weighted by Crippen LogP contribution is 2.19. The SMILES string of the molecule is CCCCCCCN(CCCCCCC)c1cccc(N)c1. The van der Waals surface area contributed by atoms with Crippen LogP contribution in [0.25, 0.3) is 0 Å². The van der Waals surface area contributed by atoms with Crippen LogP contribution >= 0.6 is 0 Å². The van der Waals surface area contributed by atoms with Gasteiger partial charge in [-0.15, -0.1) is 0 Å². The molecule has 0 heterocycles. The molecule has 0 aliphatic carbocycles. The van der Waals surface area contributed by atoms with Crippen LogP contribution in [-0.4, -0.2) is 13.1 Å². The predicted octanol–water partition coefficient (Wildman–Crippen LogP) is 6.02. The number of hydrogen-bond donors (Lipinski definition) is 1. The number of rotatable bonds is 13. The van der Waals surface area contributed by atoms with Crippen LogP contribution in [0.15, 0.2) is 24.3 Å². The van der Waals surface area contributed by atoms with Gasteiger partial charge >= 0.3 is 0 Å². The second-order valence-corrected chi connectivity index (χ2v) is 6.41. The third kappa shape index (κ3) is 8.31. The molecule has 0 saturated heterocycles. The van der Waals surface area contributed by atoms with E-state index < -0.39 is 0 Å². The van der Waals surface area contributed by atoms with Crippen LogP contribution in [0, 0.1) is 0 Å². The number of nitrogen functional groups attached to an aromatic ring is 1. The van der Waals surface area contributed by atoms with E-state index >= 15 is 0 Å². The maximum Gasteiger partial charge on any atom is 0.0386 e. The Labute approximate surface area is 138 Å². The zero-order valence-corrected chi connectivity index (χ0v) is 14.8. The molecule has 0 amide bonds. The highest BCUT2D eigenvalue weighted by molar-refractivity contribution is 5.55. The van der Waals surface area contributed by atoms with E-state index in [2.05, 4.69) is 36.9 Å². The van der Waals surface area contributed by atoms with Crippen LogP contribution < -0.4 is 10.6 Å². The molecule has 0 aliphatic heterocycles. The van der Waals surface area contributed by atoms with E-state index in [4.69, 9.17) is 5.73 Å². The number of hydrogen-bond acceptors (Lipinski definition) is 2. The summed E-state index contributed by atoms with van der Waals surface area (Å²) in [4.78, 5) is 2.54. The summed E-state index contributed by atoms with van der Waals surface area (Å²) in [5.41, 5.74) is 8.13. The standard InChI is InChI=1S/C20H36N2/c1-3-5-7-9-11-16-22(17-12-10-8-6-4-2)20-15-13-14-19(21)18-20/h13-15,18H,3-12,16-17,21H2,1-2H3. The van der Waals surface area contributed by atoms with E-state index in [1.165, 1.54) is 83.0 Å². The molecule has 1 aromatic carbocycles. The lowest BCUT2D eigenvalue weighted by atomic mass is 10.1. The number of anilines is 2. The van der Waals surface area contributed by atoms with Gasteiger partial charge in [0.2, 0.25) is 0 Å². The molecule has 0 aliphatic rings. The molecule has 0 fully saturated rings. The highest BCUT2D eigenvalue weighted by Gasteiger charge is 2.06. The van der Waals surface area contributed by atoms with Crippen molar-refractivity contribution in [3.8, 4) is 0 Å². The van der Waals surface area contributed by atoms with Gasteiger partial charge in [0.15, 0.2) is 0 Å². The summed E-state index contributed by atoms with van der Waals surface area (Å²) < 4.78 is 0. The summed E-state index contributed by atoms with van der Waals surface area (Å²) in [6.07, 6.45) is 13.4. The van der Waals surface area contributed by atoms with E-state index in [1.807, 2.05) is 6.07 Å². The van der Waals surface area contributed by atoms with Gasteiger partial charge in [-0.1, -0.05) is 71.3 Å². The molecule has 0 radical (unpaired) electrons. The van der Waals surface area contributed by atoms with E-state index in [0.717, 1.165) is 5.69 Å². The lowest BCUT2D eigenvalue weighted by molar-refractivity contribution is 0.589. The first-order valence-corrected chi connectivity index (χ1v) is 9.38. The van der Waals surface area contributed by atoms with Gasteiger partial charge in [0.1, 0.15) is 0 Å². The first-order valence-electron chi connectivity index (χ1n) is 9.38. The molecule has 0 unspecified atom stereocenters. The summed E-state index contributed by atoms with van der Waals surface area (Å²) in [6.45, 7) is 6.88. The lowest BCUT2D eigenvalue weighted by Gasteiger charge is -2.25. The maximum atomic E-state index is 5.96. The smallest absolute Gasteiger partial charge is 0.0386 e. The van der Waals surface area contributed by atoms with Crippen molar-refractivity contribution in [2.24, 2.45) is 0 Å². The minimum absolute atomic E-state index is 0.875. The topological polar surface area (TPSA) is 29.3 Å². The van der Waals surface area contributed by atoms with Gasteiger partial charge in [0, 0.05) is 24.5 Å². The van der Waals surface area contributed by atoms with E-state index in [-0.39, 0.29) is 0 Å². The molecular weight excluding hydrogens is 268 g/mol. The molecule has 0 bridgehead atoms. The van der Waals surface area contributed by atoms with Gasteiger partial charge in [-0.3, -0.25) is 0 Å². The van der Waals surface area contributed by atoms with Crippen molar-refractivity contribution >= 4 is 11.4 Å². The summed E-state index contributed by atoms with van der Waals surface area (Å²) in [7, 11) is 0. The molecular formula is C20H36N2. The molecule has 0 spiro atoms. The number of benzene rings is 1. The molecule has 1 rings (SSSR count). The van der Waals surface area contributed by atoms with Gasteiger partial charge in [-0.2, -0.15) is 0 Å². The van der Waals surface area contributed by atoms with Crippen LogP contribution in [0.5, 0.6) is 0 Å². The zero-order valence-electron chi connectivity index (χ0n) is 14.8. The normalized spacial score (nSPS) is 10.8.